The highest BCUT2D eigenvalue weighted by Crippen LogP contribution is 2.40. The third-order valence-corrected chi connectivity index (χ3v) is 4.50. The standard InChI is InChI=1S/C15H14N4OS/c1-8-12(16)18-13(9-6-7-9)19-14(8)21-15-17-10-4-2-3-5-11(10)20-15/h2-5,9H,6-7H2,1H3,(H2,16,18,19). The fourth-order valence-corrected chi connectivity index (χ4v) is 2.97. The van der Waals surface area contributed by atoms with Crippen molar-refractivity contribution in [3.8, 4) is 0 Å². The largest absolute Gasteiger partial charge is 0.431 e. The van der Waals surface area contributed by atoms with E-state index in [4.69, 9.17) is 10.2 Å². The fourth-order valence-electron chi connectivity index (χ4n) is 2.13. The van der Waals surface area contributed by atoms with Crippen molar-refractivity contribution < 1.29 is 4.42 Å². The zero-order valence-corrected chi connectivity index (χ0v) is 12.4. The quantitative estimate of drug-likeness (QED) is 0.745. The van der Waals surface area contributed by atoms with Gasteiger partial charge in [0, 0.05) is 11.5 Å². The van der Waals surface area contributed by atoms with Crippen molar-refractivity contribution >= 4 is 28.7 Å². The summed E-state index contributed by atoms with van der Waals surface area (Å²) in [4.78, 5) is 13.5. The Morgan fingerprint density at radius 3 is 2.76 bits per heavy atom. The van der Waals surface area contributed by atoms with Crippen molar-refractivity contribution in [1.29, 1.82) is 0 Å². The number of hydrogen-bond acceptors (Lipinski definition) is 6. The van der Waals surface area contributed by atoms with Gasteiger partial charge in [0.2, 0.25) is 0 Å². The molecule has 6 heteroatoms. The number of nitrogen functional groups attached to an aromatic ring is 1. The first kappa shape index (κ1) is 12.6. The highest BCUT2D eigenvalue weighted by Gasteiger charge is 2.28. The predicted octanol–water partition coefficient (Wildman–Crippen LogP) is 3.54. The average Bonchev–Trinajstić information content (AvgIpc) is 3.24. The molecule has 0 unspecified atom stereocenters. The van der Waals surface area contributed by atoms with Gasteiger partial charge in [-0.25, -0.2) is 15.0 Å². The van der Waals surface area contributed by atoms with Crippen molar-refractivity contribution in [3.63, 3.8) is 0 Å². The molecule has 1 fully saturated rings. The van der Waals surface area contributed by atoms with Crippen LogP contribution >= 0.6 is 11.8 Å². The van der Waals surface area contributed by atoms with Gasteiger partial charge in [-0.15, -0.1) is 0 Å². The molecular formula is C15H14N4OS. The summed E-state index contributed by atoms with van der Waals surface area (Å²) >= 11 is 1.40. The predicted molar refractivity (Wildman–Crippen MR) is 81.3 cm³/mol. The van der Waals surface area contributed by atoms with E-state index in [-0.39, 0.29) is 0 Å². The molecule has 2 aromatic heterocycles. The second-order valence-electron chi connectivity index (χ2n) is 5.22. The number of nitrogens with two attached hydrogens (primary N) is 1. The lowest BCUT2D eigenvalue weighted by atomic mass is 10.3. The van der Waals surface area contributed by atoms with Crippen LogP contribution in [0.3, 0.4) is 0 Å². The Morgan fingerprint density at radius 1 is 1.19 bits per heavy atom. The summed E-state index contributed by atoms with van der Waals surface area (Å²) < 4.78 is 5.73. The van der Waals surface area contributed by atoms with E-state index in [9.17, 15) is 0 Å². The van der Waals surface area contributed by atoms with E-state index < -0.39 is 0 Å². The molecule has 2 N–H and O–H groups in total. The molecule has 4 rings (SSSR count). The number of aromatic nitrogens is 3. The van der Waals surface area contributed by atoms with E-state index in [1.165, 1.54) is 11.8 Å². The minimum atomic E-state index is 0.468. The van der Waals surface area contributed by atoms with Crippen LogP contribution in [-0.4, -0.2) is 15.0 Å². The Morgan fingerprint density at radius 2 is 2.00 bits per heavy atom. The summed E-state index contributed by atoms with van der Waals surface area (Å²) in [6, 6.07) is 7.71. The van der Waals surface area contributed by atoms with Crippen LogP contribution in [-0.2, 0) is 0 Å². The Hall–Kier alpha value is -2.08. The molecule has 1 saturated carbocycles. The third kappa shape index (κ3) is 2.35. The number of rotatable bonds is 3. The summed E-state index contributed by atoms with van der Waals surface area (Å²) in [5.41, 5.74) is 8.51. The van der Waals surface area contributed by atoms with Crippen molar-refractivity contribution in [2.75, 3.05) is 5.73 Å². The van der Waals surface area contributed by atoms with Crippen LogP contribution in [0.25, 0.3) is 11.1 Å². The second-order valence-corrected chi connectivity index (χ2v) is 6.16. The SMILES string of the molecule is Cc1c(N)nc(C2CC2)nc1Sc1nc2ccccc2o1. The van der Waals surface area contributed by atoms with E-state index in [1.807, 2.05) is 31.2 Å². The van der Waals surface area contributed by atoms with Gasteiger partial charge < -0.3 is 10.2 Å². The molecule has 0 amide bonds. The molecule has 0 spiro atoms. The molecule has 3 aromatic rings. The van der Waals surface area contributed by atoms with Gasteiger partial charge in [0.25, 0.3) is 5.22 Å². The lowest BCUT2D eigenvalue weighted by Crippen LogP contribution is -2.03. The molecule has 5 nitrogen and oxygen atoms in total. The number of hydrogen-bond donors (Lipinski definition) is 1. The van der Waals surface area contributed by atoms with Gasteiger partial charge in [-0.2, -0.15) is 0 Å². The molecular weight excluding hydrogens is 284 g/mol. The smallest absolute Gasteiger partial charge is 0.263 e. The number of nitrogens with zero attached hydrogens (tertiary/aromatic N) is 3. The number of benzene rings is 1. The number of oxazole rings is 1. The number of fused-ring (bicyclic) bond motifs is 1. The van der Waals surface area contributed by atoms with E-state index >= 15 is 0 Å². The Bertz CT molecular complexity index is 793. The molecule has 0 bridgehead atoms. The second kappa shape index (κ2) is 4.73. The fraction of sp³-hybridized carbons (Fsp3) is 0.267. The van der Waals surface area contributed by atoms with E-state index in [0.29, 0.717) is 17.0 Å². The lowest BCUT2D eigenvalue weighted by Gasteiger charge is -2.07. The van der Waals surface area contributed by atoms with Crippen molar-refractivity contribution in [2.24, 2.45) is 0 Å². The van der Waals surface area contributed by atoms with Gasteiger partial charge in [0.15, 0.2) is 5.58 Å². The summed E-state index contributed by atoms with van der Waals surface area (Å²) in [7, 11) is 0. The van der Waals surface area contributed by atoms with Crippen molar-refractivity contribution in [1.82, 2.24) is 15.0 Å². The minimum absolute atomic E-state index is 0.468. The van der Waals surface area contributed by atoms with Crippen molar-refractivity contribution in [3.05, 3.63) is 35.7 Å². The molecule has 1 aliphatic carbocycles. The minimum Gasteiger partial charge on any atom is -0.431 e. The number of para-hydroxylation sites is 2. The molecule has 106 valence electrons. The first-order valence-electron chi connectivity index (χ1n) is 6.88. The highest BCUT2D eigenvalue weighted by atomic mass is 32.2. The molecule has 21 heavy (non-hydrogen) atoms. The maximum atomic E-state index is 6.00. The summed E-state index contributed by atoms with van der Waals surface area (Å²) in [6.45, 7) is 1.93. The topological polar surface area (TPSA) is 77.8 Å². The Kier molecular flexibility index (Phi) is 2.85. The van der Waals surface area contributed by atoms with Gasteiger partial charge in [0.05, 0.1) is 0 Å². The Labute approximate surface area is 126 Å². The summed E-state index contributed by atoms with van der Waals surface area (Å²) in [5.74, 6) is 1.86. The summed E-state index contributed by atoms with van der Waals surface area (Å²) in [6.07, 6.45) is 2.30. The molecule has 2 heterocycles. The third-order valence-electron chi connectivity index (χ3n) is 3.56. The van der Waals surface area contributed by atoms with Crippen molar-refractivity contribution in [2.45, 2.75) is 35.9 Å². The molecule has 1 aliphatic rings. The number of anilines is 1. The van der Waals surface area contributed by atoms with Gasteiger partial charge in [-0.1, -0.05) is 12.1 Å². The van der Waals surface area contributed by atoms with E-state index in [0.717, 1.165) is 40.4 Å². The Balaban J connectivity index is 1.72. The van der Waals surface area contributed by atoms with Crippen LogP contribution in [0.5, 0.6) is 0 Å². The maximum absolute atomic E-state index is 6.00. The maximum Gasteiger partial charge on any atom is 0.263 e. The zero-order valence-electron chi connectivity index (χ0n) is 11.5. The van der Waals surface area contributed by atoms with Crippen LogP contribution in [0.15, 0.2) is 38.9 Å². The first-order chi connectivity index (χ1) is 10.2. The highest BCUT2D eigenvalue weighted by molar-refractivity contribution is 7.99. The van der Waals surface area contributed by atoms with Gasteiger partial charge >= 0.3 is 0 Å². The van der Waals surface area contributed by atoms with Crippen LogP contribution in [0.4, 0.5) is 5.82 Å². The van der Waals surface area contributed by atoms with E-state index in [2.05, 4.69) is 15.0 Å². The molecule has 0 radical (unpaired) electrons. The van der Waals surface area contributed by atoms with Crippen LogP contribution in [0, 0.1) is 6.92 Å². The molecule has 1 aromatic carbocycles. The zero-order chi connectivity index (χ0) is 14.4. The molecule has 0 aliphatic heterocycles. The van der Waals surface area contributed by atoms with Gasteiger partial charge in [0.1, 0.15) is 22.2 Å². The molecule has 0 saturated heterocycles. The monoisotopic (exact) mass is 298 g/mol. The summed E-state index contributed by atoms with van der Waals surface area (Å²) in [5, 5.41) is 1.41. The normalized spacial score (nSPS) is 14.7. The van der Waals surface area contributed by atoms with Crippen LogP contribution in [0.1, 0.15) is 30.1 Å². The lowest BCUT2D eigenvalue weighted by molar-refractivity contribution is 0.489. The molecule has 0 atom stereocenters. The van der Waals surface area contributed by atoms with Crippen LogP contribution < -0.4 is 5.73 Å². The van der Waals surface area contributed by atoms with Gasteiger partial charge in [-0.05, 0) is 43.7 Å². The first-order valence-corrected chi connectivity index (χ1v) is 7.70. The van der Waals surface area contributed by atoms with Gasteiger partial charge in [-0.3, -0.25) is 0 Å². The van der Waals surface area contributed by atoms with Crippen LogP contribution in [0.2, 0.25) is 0 Å². The van der Waals surface area contributed by atoms with E-state index in [1.54, 1.807) is 0 Å². The average molecular weight is 298 g/mol.